The van der Waals surface area contributed by atoms with Crippen molar-refractivity contribution in [3.05, 3.63) is 47.3 Å². The third kappa shape index (κ3) is 3.71. The van der Waals surface area contributed by atoms with E-state index in [1.165, 1.54) is 5.56 Å². The largest absolute Gasteiger partial charge is 0.450 e. The summed E-state index contributed by atoms with van der Waals surface area (Å²) >= 11 is 0. The Kier molecular flexibility index (Phi) is 5.25. The standard InChI is InChI=1S/C19H24N4O3/c1-4-26-19(25)22-11-9-21(10-12-22)18(24)17-13-15(3)23(20-17)16-7-5-14(2)6-8-16/h5-8,13H,4,9-12H2,1-3H3. The molecule has 2 aromatic rings. The zero-order chi connectivity index (χ0) is 18.7. The van der Waals surface area contributed by atoms with E-state index >= 15 is 0 Å². The molecule has 2 amide bonds. The summed E-state index contributed by atoms with van der Waals surface area (Å²) in [5.74, 6) is -0.109. The number of ether oxygens (including phenoxy) is 1. The number of amides is 2. The van der Waals surface area contributed by atoms with E-state index in [0.717, 1.165) is 11.4 Å². The molecule has 1 saturated heterocycles. The lowest BCUT2D eigenvalue weighted by molar-refractivity contribution is 0.0565. The van der Waals surface area contributed by atoms with Gasteiger partial charge >= 0.3 is 6.09 Å². The van der Waals surface area contributed by atoms with E-state index in [2.05, 4.69) is 5.10 Å². The highest BCUT2D eigenvalue weighted by atomic mass is 16.6. The van der Waals surface area contributed by atoms with Crippen LogP contribution in [0.4, 0.5) is 4.79 Å². The van der Waals surface area contributed by atoms with Crippen molar-refractivity contribution in [2.75, 3.05) is 32.8 Å². The van der Waals surface area contributed by atoms with Crippen LogP contribution in [-0.2, 0) is 4.74 Å². The number of rotatable bonds is 3. The lowest BCUT2D eigenvalue weighted by atomic mass is 10.2. The van der Waals surface area contributed by atoms with Crippen molar-refractivity contribution < 1.29 is 14.3 Å². The Morgan fingerprint density at radius 1 is 1.04 bits per heavy atom. The lowest BCUT2D eigenvalue weighted by Crippen LogP contribution is -2.50. The number of hydrogen-bond donors (Lipinski definition) is 0. The smallest absolute Gasteiger partial charge is 0.409 e. The molecule has 7 heteroatoms. The van der Waals surface area contributed by atoms with Gasteiger partial charge in [-0.05, 0) is 39.0 Å². The molecule has 0 bridgehead atoms. The van der Waals surface area contributed by atoms with Gasteiger partial charge in [0.15, 0.2) is 5.69 Å². The van der Waals surface area contributed by atoms with E-state index in [0.29, 0.717) is 38.5 Å². The first-order chi connectivity index (χ1) is 12.5. The van der Waals surface area contributed by atoms with E-state index in [-0.39, 0.29) is 12.0 Å². The predicted octanol–water partition coefficient (Wildman–Crippen LogP) is 2.40. The summed E-state index contributed by atoms with van der Waals surface area (Å²) in [6.07, 6.45) is -0.320. The van der Waals surface area contributed by atoms with Gasteiger partial charge in [-0.3, -0.25) is 4.79 Å². The number of nitrogens with zero attached hydrogens (tertiary/aromatic N) is 4. The van der Waals surface area contributed by atoms with Crippen molar-refractivity contribution in [1.82, 2.24) is 19.6 Å². The van der Waals surface area contributed by atoms with E-state index < -0.39 is 0 Å². The second kappa shape index (κ2) is 7.59. The fourth-order valence-electron chi connectivity index (χ4n) is 3.00. The molecule has 0 radical (unpaired) electrons. The summed E-state index contributed by atoms with van der Waals surface area (Å²) < 4.78 is 6.79. The SMILES string of the molecule is CCOC(=O)N1CCN(C(=O)c2cc(C)n(-c3ccc(C)cc3)n2)CC1. The normalized spacial score (nSPS) is 14.4. The zero-order valence-corrected chi connectivity index (χ0v) is 15.4. The van der Waals surface area contributed by atoms with Crippen LogP contribution in [0.5, 0.6) is 0 Å². The Morgan fingerprint density at radius 3 is 2.27 bits per heavy atom. The molecular weight excluding hydrogens is 332 g/mol. The minimum Gasteiger partial charge on any atom is -0.450 e. The highest BCUT2D eigenvalue weighted by molar-refractivity contribution is 5.92. The Morgan fingerprint density at radius 2 is 1.65 bits per heavy atom. The van der Waals surface area contributed by atoms with Crippen molar-refractivity contribution in [2.45, 2.75) is 20.8 Å². The molecule has 1 aliphatic heterocycles. The van der Waals surface area contributed by atoms with Crippen molar-refractivity contribution in [1.29, 1.82) is 0 Å². The van der Waals surface area contributed by atoms with E-state index in [1.54, 1.807) is 27.5 Å². The van der Waals surface area contributed by atoms with Crippen LogP contribution in [0.2, 0.25) is 0 Å². The summed E-state index contributed by atoms with van der Waals surface area (Å²) in [6.45, 7) is 8.01. The maximum absolute atomic E-state index is 12.8. The number of carbonyl (C=O) groups excluding carboxylic acids is 2. The number of aryl methyl sites for hydroxylation is 2. The molecule has 1 aromatic carbocycles. The van der Waals surface area contributed by atoms with Gasteiger partial charge in [-0.25, -0.2) is 9.48 Å². The Labute approximate surface area is 153 Å². The fraction of sp³-hybridized carbons (Fsp3) is 0.421. The molecule has 0 spiro atoms. The van der Waals surface area contributed by atoms with Gasteiger partial charge in [-0.15, -0.1) is 0 Å². The maximum Gasteiger partial charge on any atom is 0.409 e. The average Bonchev–Trinajstić information content (AvgIpc) is 3.04. The molecule has 0 unspecified atom stereocenters. The number of aromatic nitrogens is 2. The van der Waals surface area contributed by atoms with E-state index in [1.807, 2.05) is 38.1 Å². The van der Waals surface area contributed by atoms with Gasteiger partial charge in [0.1, 0.15) is 0 Å². The molecule has 0 saturated carbocycles. The first kappa shape index (κ1) is 18.0. The average molecular weight is 356 g/mol. The van der Waals surface area contributed by atoms with Gasteiger partial charge in [-0.1, -0.05) is 17.7 Å². The second-order valence-corrected chi connectivity index (χ2v) is 6.40. The molecule has 7 nitrogen and oxygen atoms in total. The van der Waals surface area contributed by atoms with Gasteiger partial charge < -0.3 is 14.5 Å². The van der Waals surface area contributed by atoms with Crippen LogP contribution in [0.1, 0.15) is 28.7 Å². The Balaban J connectivity index is 1.69. The molecule has 1 fully saturated rings. The monoisotopic (exact) mass is 356 g/mol. The van der Waals surface area contributed by atoms with Crippen molar-refractivity contribution in [2.24, 2.45) is 0 Å². The lowest BCUT2D eigenvalue weighted by Gasteiger charge is -2.33. The van der Waals surface area contributed by atoms with Gasteiger partial charge in [0, 0.05) is 31.9 Å². The van der Waals surface area contributed by atoms with Crippen LogP contribution in [0.15, 0.2) is 30.3 Å². The molecule has 0 aliphatic carbocycles. The number of benzene rings is 1. The minimum atomic E-state index is -0.320. The van der Waals surface area contributed by atoms with Crippen molar-refractivity contribution in [3.8, 4) is 5.69 Å². The Hall–Kier alpha value is -2.83. The number of hydrogen-bond acceptors (Lipinski definition) is 4. The highest BCUT2D eigenvalue weighted by Gasteiger charge is 2.27. The third-order valence-corrected chi connectivity index (χ3v) is 4.48. The van der Waals surface area contributed by atoms with Gasteiger partial charge in [-0.2, -0.15) is 5.10 Å². The molecule has 26 heavy (non-hydrogen) atoms. The molecule has 1 aliphatic rings. The van der Waals surface area contributed by atoms with Crippen molar-refractivity contribution >= 4 is 12.0 Å². The molecule has 138 valence electrons. The predicted molar refractivity (Wildman–Crippen MR) is 97.5 cm³/mol. The summed E-state index contributed by atoms with van der Waals surface area (Å²) in [5.41, 5.74) is 3.43. The van der Waals surface area contributed by atoms with E-state index in [4.69, 9.17) is 4.74 Å². The second-order valence-electron chi connectivity index (χ2n) is 6.40. The van der Waals surface area contributed by atoms with Crippen LogP contribution in [-0.4, -0.2) is 64.4 Å². The molecule has 2 heterocycles. The minimum absolute atomic E-state index is 0.109. The van der Waals surface area contributed by atoms with Crippen LogP contribution in [0, 0.1) is 13.8 Å². The molecule has 1 aromatic heterocycles. The molecule has 0 atom stereocenters. The molecule has 0 N–H and O–H groups in total. The Bertz CT molecular complexity index is 790. The van der Waals surface area contributed by atoms with Crippen LogP contribution >= 0.6 is 0 Å². The first-order valence-corrected chi connectivity index (χ1v) is 8.84. The van der Waals surface area contributed by atoms with Crippen LogP contribution in [0.3, 0.4) is 0 Å². The summed E-state index contributed by atoms with van der Waals surface area (Å²) in [4.78, 5) is 27.9. The maximum atomic E-state index is 12.8. The van der Waals surface area contributed by atoms with Gasteiger partial charge in [0.05, 0.1) is 12.3 Å². The summed E-state index contributed by atoms with van der Waals surface area (Å²) in [7, 11) is 0. The fourth-order valence-corrected chi connectivity index (χ4v) is 3.00. The number of piperazine rings is 1. The quantitative estimate of drug-likeness (QED) is 0.847. The molecule has 3 rings (SSSR count). The zero-order valence-electron chi connectivity index (χ0n) is 15.4. The number of carbonyl (C=O) groups is 2. The summed E-state index contributed by atoms with van der Waals surface area (Å²) in [6, 6.07) is 9.82. The summed E-state index contributed by atoms with van der Waals surface area (Å²) in [5, 5.41) is 4.49. The van der Waals surface area contributed by atoms with Crippen molar-refractivity contribution in [3.63, 3.8) is 0 Å². The van der Waals surface area contributed by atoms with Crippen LogP contribution in [0.25, 0.3) is 5.69 Å². The van der Waals surface area contributed by atoms with Gasteiger partial charge in [0.2, 0.25) is 0 Å². The molecular formula is C19H24N4O3. The van der Waals surface area contributed by atoms with Crippen LogP contribution < -0.4 is 0 Å². The topological polar surface area (TPSA) is 67.7 Å². The van der Waals surface area contributed by atoms with Gasteiger partial charge in [0.25, 0.3) is 5.91 Å². The first-order valence-electron chi connectivity index (χ1n) is 8.84. The third-order valence-electron chi connectivity index (χ3n) is 4.48. The van der Waals surface area contributed by atoms with E-state index in [9.17, 15) is 9.59 Å². The highest BCUT2D eigenvalue weighted by Crippen LogP contribution is 2.15.